The van der Waals surface area contributed by atoms with Crippen LogP contribution in [0.25, 0.3) is 10.8 Å². The highest BCUT2D eigenvalue weighted by molar-refractivity contribution is 14.1. The largest absolute Gasteiger partial charge is 0.259 e. The molecule has 8 heteroatoms. The zero-order chi connectivity index (χ0) is 20.8. The van der Waals surface area contributed by atoms with Crippen LogP contribution in [-0.4, -0.2) is 22.6 Å². The number of halogens is 2. The Morgan fingerprint density at radius 1 is 0.600 bits per heavy atom. The molecular formula is C22H16I2N6. The Hall–Kier alpha value is -2.60. The molecule has 0 amide bonds. The molecule has 0 atom stereocenters. The van der Waals surface area contributed by atoms with Crippen molar-refractivity contribution in [1.82, 2.24) is 10.2 Å². The lowest BCUT2D eigenvalue weighted by Gasteiger charge is -2.08. The van der Waals surface area contributed by atoms with Crippen molar-refractivity contribution in [3.63, 3.8) is 0 Å². The van der Waals surface area contributed by atoms with Gasteiger partial charge in [-0.15, -0.1) is 10.2 Å². The molecule has 148 valence electrons. The molecule has 1 heterocycles. The van der Waals surface area contributed by atoms with E-state index in [2.05, 4.69) is 76.4 Å². The van der Waals surface area contributed by atoms with E-state index in [0.717, 1.165) is 21.9 Å². The Morgan fingerprint density at radius 2 is 1.00 bits per heavy atom. The van der Waals surface area contributed by atoms with Crippen molar-refractivity contribution in [3.8, 4) is 0 Å². The minimum Gasteiger partial charge on any atom is -0.259 e. The standard InChI is InChI=1S/C22H16I2N6/c23-17-9-5-15(6-10-17)13-25-27-21-19-3-1-2-4-20(19)22(30-29-21)28-26-14-16-7-11-18(24)12-8-16/h1-14H,(H,27,29)(H,28,30). The van der Waals surface area contributed by atoms with Crippen LogP contribution in [0.3, 0.4) is 0 Å². The summed E-state index contributed by atoms with van der Waals surface area (Å²) >= 11 is 4.55. The van der Waals surface area contributed by atoms with Gasteiger partial charge in [0.25, 0.3) is 0 Å². The molecule has 0 unspecified atom stereocenters. The predicted octanol–water partition coefficient (Wildman–Crippen LogP) is 5.73. The fourth-order valence-corrected chi connectivity index (χ4v) is 3.42. The van der Waals surface area contributed by atoms with E-state index in [1.807, 2.05) is 72.8 Å². The van der Waals surface area contributed by atoms with Gasteiger partial charge in [-0.3, -0.25) is 10.9 Å². The second-order valence-corrected chi connectivity index (χ2v) is 8.78. The van der Waals surface area contributed by atoms with E-state index in [4.69, 9.17) is 0 Å². The number of nitrogens with one attached hydrogen (secondary N) is 2. The third kappa shape index (κ3) is 5.30. The summed E-state index contributed by atoms with van der Waals surface area (Å²) in [6.45, 7) is 0. The number of fused-ring (bicyclic) bond motifs is 1. The highest BCUT2D eigenvalue weighted by atomic mass is 127. The molecule has 0 bridgehead atoms. The summed E-state index contributed by atoms with van der Waals surface area (Å²) in [6.07, 6.45) is 3.51. The van der Waals surface area contributed by atoms with E-state index in [9.17, 15) is 0 Å². The van der Waals surface area contributed by atoms with Crippen molar-refractivity contribution >= 4 is 80.0 Å². The average Bonchev–Trinajstić information content (AvgIpc) is 2.77. The van der Waals surface area contributed by atoms with Gasteiger partial charge in [-0.2, -0.15) is 10.2 Å². The molecule has 0 fully saturated rings. The van der Waals surface area contributed by atoms with Crippen molar-refractivity contribution in [1.29, 1.82) is 0 Å². The van der Waals surface area contributed by atoms with Crippen molar-refractivity contribution in [2.24, 2.45) is 10.2 Å². The van der Waals surface area contributed by atoms with Crippen LogP contribution in [0.2, 0.25) is 0 Å². The van der Waals surface area contributed by atoms with Gasteiger partial charge in [0.15, 0.2) is 11.6 Å². The van der Waals surface area contributed by atoms with E-state index < -0.39 is 0 Å². The number of aromatic nitrogens is 2. The zero-order valence-corrected chi connectivity index (χ0v) is 19.9. The summed E-state index contributed by atoms with van der Waals surface area (Å²) in [6, 6.07) is 24.0. The van der Waals surface area contributed by atoms with Crippen molar-refractivity contribution in [2.75, 3.05) is 10.9 Å². The normalized spacial score (nSPS) is 11.4. The summed E-state index contributed by atoms with van der Waals surface area (Å²) in [5.41, 5.74) is 7.99. The summed E-state index contributed by atoms with van der Waals surface area (Å²) in [5, 5.41) is 19.0. The van der Waals surface area contributed by atoms with Gasteiger partial charge in [-0.1, -0.05) is 48.5 Å². The van der Waals surface area contributed by atoms with Crippen molar-refractivity contribution < 1.29 is 0 Å². The molecule has 0 spiro atoms. The van der Waals surface area contributed by atoms with Gasteiger partial charge >= 0.3 is 0 Å². The lowest BCUT2D eigenvalue weighted by Crippen LogP contribution is -2.01. The van der Waals surface area contributed by atoms with E-state index in [1.54, 1.807) is 12.4 Å². The molecule has 1 aromatic heterocycles. The highest BCUT2D eigenvalue weighted by Gasteiger charge is 2.07. The molecule has 0 aliphatic carbocycles. The molecule has 30 heavy (non-hydrogen) atoms. The molecule has 0 radical (unpaired) electrons. The molecule has 0 saturated heterocycles. The van der Waals surface area contributed by atoms with Gasteiger partial charge in [0, 0.05) is 17.9 Å². The van der Waals surface area contributed by atoms with Crippen LogP contribution < -0.4 is 10.9 Å². The maximum atomic E-state index is 4.30. The van der Waals surface area contributed by atoms with E-state index in [-0.39, 0.29) is 0 Å². The van der Waals surface area contributed by atoms with E-state index in [0.29, 0.717) is 11.6 Å². The SMILES string of the molecule is Ic1ccc(C=NNc2nnc(NN=Cc3ccc(I)cc3)c3ccccc23)cc1. The maximum Gasteiger partial charge on any atom is 0.176 e. The van der Waals surface area contributed by atoms with Crippen LogP contribution in [0.15, 0.2) is 83.0 Å². The van der Waals surface area contributed by atoms with Gasteiger partial charge in [0.1, 0.15) is 0 Å². The maximum absolute atomic E-state index is 4.30. The van der Waals surface area contributed by atoms with Crippen LogP contribution in [0.4, 0.5) is 11.6 Å². The molecule has 4 aromatic rings. The van der Waals surface area contributed by atoms with Gasteiger partial charge in [-0.05, 0) is 80.6 Å². The zero-order valence-electron chi connectivity index (χ0n) is 15.6. The topological polar surface area (TPSA) is 74.6 Å². The summed E-state index contributed by atoms with van der Waals surface area (Å²) in [5.74, 6) is 1.17. The smallest absolute Gasteiger partial charge is 0.176 e. The lowest BCUT2D eigenvalue weighted by atomic mass is 10.2. The second-order valence-electron chi connectivity index (χ2n) is 6.29. The minimum absolute atomic E-state index is 0.583. The number of benzene rings is 3. The first-order valence-corrected chi connectivity index (χ1v) is 11.2. The molecule has 2 N–H and O–H groups in total. The highest BCUT2D eigenvalue weighted by Crippen LogP contribution is 2.25. The first kappa shape index (κ1) is 20.7. The molecule has 0 aliphatic heterocycles. The van der Waals surface area contributed by atoms with Crippen LogP contribution in [0, 0.1) is 7.14 Å². The Kier molecular flexibility index (Phi) is 6.84. The molecule has 0 aliphatic rings. The number of anilines is 2. The number of hydrogen-bond donors (Lipinski definition) is 2. The Balaban J connectivity index is 1.52. The fraction of sp³-hybridized carbons (Fsp3) is 0. The summed E-state index contributed by atoms with van der Waals surface area (Å²) in [4.78, 5) is 0. The van der Waals surface area contributed by atoms with Crippen LogP contribution >= 0.6 is 45.2 Å². The first-order valence-electron chi connectivity index (χ1n) is 9.04. The predicted molar refractivity (Wildman–Crippen MR) is 140 cm³/mol. The molecule has 3 aromatic carbocycles. The molecule has 6 nitrogen and oxygen atoms in total. The minimum atomic E-state index is 0.583. The Bertz CT molecular complexity index is 1110. The second kappa shape index (κ2) is 9.94. The fourth-order valence-electron chi connectivity index (χ4n) is 2.70. The van der Waals surface area contributed by atoms with Crippen LogP contribution in [0.1, 0.15) is 11.1 Å². The monoisotopic (exact) mass is 618 g/mol. The van der Waals surface area contributed by atoms with E-state index >= 15 is 0 Å². The Morgan fingerprint density at radius 3 is 1.40 bits per heavy atom. The summed E-state index contributed by atoms with van der Waals surface area (Å²) < 4.78 is 2.37. The van der Waals surface area contributed by atoms with E-state index in [1.165, 1.54) is 7.14 Å². The van der Waals surface area contributed by atoms with Crippen LogP contribution in [-0.2, 0) is 0 Å². The summed E-state index contributed by atoms with van der Waals surface area (Å²) in [7, 11) is 0. The third-order valence-corrected chi connectivity index (χ3v) is 5.63. The van der Waals surface area contributed by atoms with Gasteiger partial charge in [-0.25, -0.2) is 0 Å². The number of hydrogen-bond acceptors (Lipinski definition) is 6. The quantitative estimate of drug-likeness (QED) is 0.165. The van der Waals surface area contributed by atoms with Crippen LogP contribution in [0.5, 0.6) is 0 Å². The lowest BCUT2D eigenvalue weighted by molar-refractivity contribution is 1.03. The average molecular weight is 618 g/mol. The molecule has 0 saturated carbocycles. The number of hydrazone groups is 2. The van der Waals surface area contributed by atoms with Crippen molar-refractivity contribution in [2.45, 2.75) is 0 Å². The first-order chi connectivity index (χ1) is 14.7. The van der Waals surface area contributed by atoms with Gasteiger partial charge in [0.05, 0.1) is 12.4 Å². The number of rotatable bonds is 6. The molecule has 4 rings (SSSR count). The third-order valence-electron chi connectivity index (χ3n) is 4.20. The van der Waals surface area contributed by atoms with Crippen molar-refractivity contribution in [3.05, 3.63) is 91.1 Å². The van der Waals surface area contributed by atoms with Gasteiger partial charge < -0.3 is 0 Å². The Labute approximate surface area is 201 Å². The van der Waals surface area contributed by atoms with Gasteiger partial charge in [0.2, 0.25) is 0 Å². The number of nitrogens with zero attached hydrogens (tertiary/aromatic N) is 4. The molecular weight excluding hydrogens is 602 g/mol.